The van der Waals surface area contributed by atoms with Crippen LogP contribution in [0.4, 0.5) is 5.69 Å². The summed E-state index contributed by atoms with van der Waals surface area (Å²) in [5.74, 6) is 0.910. The second-order valence-corrected chi connectivity index (χ2v) is 10.1. The first-order valence-corrected chi connectivity index (χ1v) is 13.3. The molecule has 4 aromatic rings. The molecule has 5 rings (SSSR count). The van der Waals surface area contributed by atoms with E-state index in [1.165, 1.54) is 0 Å². The number of amides is 2. The van der Waals surface area contributed by atoms with Crippen LogP contribution in [0.25, 0.3) is 0 Å². The molecule has 6 heteroatoms. The van der Waals surface area contributed by atoms with Crippen LogP contribution in [0.15, 0.2) is 109 Å². The molecular weight excluding hydrogens is 480 g/mol. The first-order chi connectivity index (χ1) is 18.1. The molecule has 37 heavy (non-hydrogen) atoms. The third-order valence-electron chi connectivity index (χ3n) is 6.29. The van der Waals surface area contributed by atoms with Gasteiger partial charge in [0.2, 0.25) is 5.91 Å². The maximum absolute atomic E-state index is 13.7. The van der Waals surface area contributed by atoms with E-state index in [1.807, 2.05) is 104 Å². The van der Waals surface area contributed by atoms with E-state index in [0.29, 0.717) is 17.9 Å². The number of hydrogen-bond donors (Lipinski definition) is 1. The average Bonchev–Trinajstić information content (AvgIpc) is 3.39. The van der Waals surface area contributed by atoms with Gasteiger partial charge in [0.1, 0.15) is 23.8 Å². The normalized spacial score (nSPS) is 16.8. The van der Waals surface area contributed by atoms with Crippen molar-refractivity contribution in [1.29, 1.82) is 0 Å². The fourth-order valence-electron chi connectivity index (χ4n) is 4.28. The van der Waals surface area contributed by atoms with E-state index in [4.69, 9.17) is 4.74 Å². The highest BCUT2D eigenvalue weighted by Crippen LogP contribution is 2.43. The van der Waals surface area contributed by atoms with Crippen molar-refractivity contribution in [1.82, 2.24) is 4.90 Å². The van der Waals surface area contributed by atoms with Gasteiger partial charge in [-0.3, -0.25) is 9.59 Å². The Balaban J connectivity index is 1.36. The Bertz CT molecular complexity index is 1340. The fourth-order valence-corrected chi connectivity index (χ4v) is 5.70. The summed E-state index contributed by atoms with van der Waals surface area (Å²) in [6.07, 6.45) is 0. The minimum atomic E-state index is -0.599. The lowest BCUT2D eigenvalue weighted by Crippen LogP contribution is -2.45. The molecule has 1 aliphatic heterocycles. The van der Waals surface area contributed by atoms with E-state index in [0.717, 1.165) is 28.1 Å². The second-order valence-electron chi connectivity index (χ2n) is 8.98. The third-order valence-corrected chi connectivity index (χ3v) is 7.61. The van der Waals surface area contributed by atoms with Crippen LogP contribution in [0.1, 0.15) is 32.4 Å². The number of anilines is 1. The number of nitrogens with zero attached hydrogens (tertiary/aromatic N) is 1. The van der Waals surface area contributed by atoms with Crippen LogP contribution in [0.3, 0.4) is 0 Å². The van der Waals surface area contributed by atoms with Crippen molar-refractivity contribution in [2.45, 2.75) is 24.9 Å². The maximum atomic E-state index is 13.7. The number of rotatable bonds is 7. The molecule has 2 amide bonds. The van der Waals surface area contributed by atoms with Gasteiger partial charge < -0.3 is 15.0 Å². The Labute approximate surface area is 221 Å². The van der Waals surface area contributed by atoms with Crippen LogP contribution in [0.2, 0.25) is 0 Å². The van der Waals surface area contributed by atoms with Gasteiger partial charge in [0.05, 0.1) is 0 Å². The fraction of sp³-hybridized carbons (Fsp3) is 0.161. The topological polar surface area (TPSA) is 58.6 Å². The van der Waals surface area contributed by atoms with E-state index in [9.17, 15) is 9.59 Å². The predicted octanol–water partition coefficient (Wildman–Crippen LogP) is 6.47. The zero-order chi connectivity index (χ0) is 25.6. The number of ether oxygens (including phenoxy) is 1. The number of benzene rings is 4. The molecule has 186 valence electrons. The van der Waals surface area contributed by atoms with Crippen molar-refractivity contribution in [3.8, 4) is 5.75 Å². The number of nitrogens with one attached hydrogen (secondary N) is 1. The highest BCUT2D eigenvalue weighted by Gasteiger charge is 2.42. The third kappa shape index (κ3) is 5.87. The van der Waals surface area contributed by atoms with Crippen molar-refractivity contribution in [2.24, 2.45) is 0 Å². The minimum Gasteiger partial charge on any atom is -0.489 e. The summed E-state index contributed by atoms with van der Waals surface area (Å²) in [7, 11) is 0. The lowest BCUT2D eigenvalue weighted by molar-refractivity contribution is -0.119. The summed E-state index contributed by atoms with van der Waals surface area (Å²) >= 11 is 1.60. The van der Waals surface area contributed by atoms with Gasteiger partial charge in [0.25, 0.3) is 5.91 Å². The van der Waals surface area contributed by atoms with Crippen LogP contribution in [-0.2, 0) is 11.4 Å². The number of thioether (sulfide) groups is 1. The van der Waals surface area contributed by atoms with Crippen molar-refractivity contribution >= 4 is 29.3 Å². The van der Waals surface area contributed by atoms with Gasteiger partial charge in [0, 0.05) is 17.0 Å². The van der Waals surface area contributed by atoms with Gasteiger partial charge in [-0.25, -0.2) is 0 Å². The molecule has 1 aliphatic rings. The molecule has 0 spiro atoms. The van der Waals surface area contributed by atoms with Gasteiger partial charge in [-0.2, -0.15) is 0 Å². The molecular formula is C31H28N2O3S. The Morgan fingerprint density at radius 1 is 0.865 bits per heavy atom. The van der Waals surface area contributed by atoms with E-state index in [2.05, 4.69) is 5.32 Å². The zero-order valence-electron chi connectivity index (χ0n) is 20.5. The quantitative estimate of drug-likeness (QED) is 0.311. The standard InChI is InChI=1S/C31H28N2O3S/c1-22-12-16-26(17-13-22)32-29(34)28-21-37-31(33(28)30(35)24-10-6-3-7-11-24)25-14-18-27(19-15-25)36-20-23-8-4-2-5-9-23/h2-19,28,31H,20-21H2,1H3,(H,32,34). The van der Waals surface area contributed by atoms with Gasteiger partial charge in [-0.05, 0) is 54.4 Å². The molecule has 5 nitrogen and oxygen atoms in total. The molecule has 4 aromatic carbocycles. The highest BCUT2D eigenvalue weighted by molar-refractivity contribution is 7.99. The summed E-state index contributed by atoms with van der Waals surface area (Å²) in [4.78, 5) is 28.7. The monoisotopic (exact) mass is 508 g/mol. The minimum absolute atomic E-state index is 0.163. The highest BCUT2D eigenvalue weighted by atomic mass is 32.2. The molecule has 1 saturated heterocycles. The number of aryl methyl sites for hydroxylation is 1. The van der Waals surface area contributed by atoms with Gasteiger partial charge in [-0.15, -0.1) is 11.8 Å². The zero-order valence-corrected chi connectivity index (χ0v) is 21.4. The molecule has 0 bridgehead atoms. The summed E-state index contributed by atoms with van der Waals surface area (Å²) in [5.41, 5.74) is 4.44. The molecule has 1 N–H and O–H groups in total. The Kier molecular flexibility index (Phi) is 7.57. The maximum Gasteiger partial charge on any atom is 0.255 e. The van der Waals surface area contributed by atoms with Crippen LogP contribution in [0.5, 0.6) is 5.75 Å². The summed E-state index contributed by atoms with van der Waals surface area (Å²) in [6, 6.07) is 34.0. The summed E-state index contributed by atoms with van der Waals surface area (Å²) in [6.45, 7) is 2.49. The summed E-state index contributed by atoms with van der Waals surface area (Å²) in [5, 5.41) is 2.71. The number of hydrogen-bond acceptors (Lipinski definition) is 4. The lowest BCUT2D eigenvalue weighted by Gasteiger charge is -2.29. The van der Waals surface area contributed by atoms with Crippen LogP contribution in [0, 0.1) is 6.92 Å². The SMILES string of the molecule is Cc1ccc(NC(=O)C2CSC(c3ccc(OCc4ccccc4)cc3)N2C(=O)c2ccccc2)cc1. The van der Waals surface area contributed by atoms with Crippen molar-refractivity contribution in [2.75, 3.05) is 11.1 Å². The molecule has 0 aromatic heterocycles. The van der Waals surface area contributed by atoms with Crippen molar-refractivity contribution in [3.05, 3.63) is 131 Å². The average molecular weight is 509 g/mol. The Morgan fingerprint density at radius 3 is 2.19 bits per heavy atom. The molecule has 1 heterocycles. The van der Waals surface area contributed by atoms with Crippen LogP contribution < -0.4 is 10.1 Å². The van der Waals surface area contributed by atoms with Crippen LogP contribution in [-0.4, -0.2) is 28.5 Å². The van der Waals surface area contributed by atoms with E-state index < -0.39 is 6.04 Å². The largest absolute Gasteiger partial charge is 0.489 e. The second kappa shape index (κ2) is 11.4. The van der Waals surface area contributed by atoms with Gasteiger partial charge in [-0.1, -0.05) is 78.4 Å². The Hall–Kier alpha value is -4.03. The van der Waals surface area contributed by atoms with Crippen molar-refractivity contribution < 1.29 is 14.3 Å². The van der Waals surface area contributed by atoms with E-state index in [-0.39, 0.29) is 17.2 Å². The van der Waals surface area contributed by atoms with E-state index in [1.54, 1.807) is 28.8 Å². The van der Waals surface area contributed by atoms with Crippen molar-refractivity contribution in [3.63, 3.8) is 0 Å². The Morgan fingerprint density at radius 2 is 1.51 bits per heavy atom. The first kappa shape index (κ1) is 24.7. The lowest BCUT2D eigenvalue weighted by atomic mass is 10.1. The summed E-state index contributed by atoms with van der Waals surface area (Å²) < 4.78 is 5.94. The predicted molar refractivity (Wildman–Crippen MR) is 149 cm³/mol. The molecule has 1 fully saturated rings. The first-order valence-electron chi connectivity index (χ1n) is 12.2. The van der Waals surface area contributed by atoms with Gasteiger partial charge >= 0.3 is 0 Å². The molecule has 2 atom stereocenters. The van der Waals surface area contributed by atoms with Crippen LogP contribution >= 0.6 is 11.8 Å². The molecule has 0 aliphatic carbocycles. The van der Waals surface area contributed by atoms with Gasteiger partial charge in [0.15, 0.2) is 0 Å². The molecule has 2 unspecified atom stereocenters. The smallest absolute Gasteiger partial charge is 0.255 e. The molecule has 0 saturated carbocycles. The number of carbonyl (C=O) groups is 2. The number of carbonyl (C=O) groups excluding carboxylic acids is 2. The van der Waals surface area contributed by atoms with E-state index >= 15 is 0 Å². The molecule has 0 radical (unpaired) electrons.